The van der Waals surface area contributed by atoms with E-state index >= 15 is 0 Å². The Labute approximate surface area is 170 Å². The van der Waals surface area contributed by atoms with Gasteiger partial charge in [-0.15, -0.1) is 6.58 Å². The van der Waals surface area contributed by atoms with Crippen molar-refractivity contribution in [2.75, 3.05) is 58.6 Å². The van der Waals surface area contributed by atoms with Crippen LogP contribution in [0.5, 0.6) is 0 Å². The highest BCUT2D eigenvalue weighted by atomic mass is 32.2. The molecule has 5 nitrogen and oxygen atoms in total. The Hall–Kier alpha value is -0.400. The summed E-state index contributed by atoms with van der Waals surface area (Å²) in [4.78, 5) is 10.8. The first-order valence-electron chi connectivity index (χ1n) is 10.3. The van der Waals surface area contributed by atoms with E-state index in [1.54, 1.807) is 13.0 Å². The van der Waals surface area contributed by atoms with Crippen LogP contribution in [0, 0.1) is 0 Å². The van der Waals surface area contributed by atoms with Crippen molar-refractivity contribution in [3.63, 3.8) is 0 Å². The normalized spacial score (nSPS) is 11.0. The van der Waals surface area contributed by atoms with E-state index in [1.807, 2.05) is 0 Å². The maximum Gasteiger partial charge on any atom is 0.185 e. The fourth-order valence-corrected chi connectivity index (χ4v) is 3.05. The Morgan fingerprint density at radius 1 is 0.704 bits per heavy atom. The van der Waals surface area contributed by atoms with E-state index in [0.717, 1.165) is 25.2 Å². The van der Waals surface area contributed by atoms with E-state index in [9.17, 15) is 4.79 Å². The standard InChI is InChI=1S/C21H40O5S/c1-3-12-23-14-16-25-18-19-26-17-15-24-13-10-8-6-4-5-7-9-11-20-27-21(2)22/h3H,1,4-20H2,2H3. The topological polar surface area (TPSA) is 54.0 Å². The fraction of sp³-hybridized carbons (Fsp3) is 0.857. The van der Waals surface area contributed by atoms with Gasteiger partial charge in [0.2, 0.25) is 0 Å². The highest BCUT2D eigenvalue weighted by Crippen LogP contribution is 2.11. The molecular weight excluding hydrogens is 364 g/mol. The van der Waals surface area contributed by atoms with E-state index in [-0.39, 0.29) is 5.12 Å². The predicted molar refractivity (Wildman–Crippen MR) is 114 cm³/mol. The van der Waals surface area contributed by atoms with E-state index in [4.69, 9.17) is 18.9 Å². The zero-order chi connectivity index (χ0) is 19.8. The smallest absolute Gasteiger partial charge is 0.185 e. The SMILES string of the molecule is C=CCOCCOCCOCCOCCCCCCCCCCSC(C)=O. The highest BCUT2D eigenvalue weighted by Gasteiger charge is 1.96. The Bertz CT molecular complexity index is 326. The Balaban J connectivity index is 2.99. The van der Waals surface area contributed by atoms with Crippen LogP contribution in [0.1, 0.15) is 58.3 Å². The number of carbonyl (C=O) groups is 1. The Kier molecular flexibility index (Phi) is 23.3. The molecule has 0 fully saturated rings. The van der Waals surface area contributed by atoms with Crippen molar-refractivity contribution in [3.8, 4) is 0 Å². The second-order valence-electron chi connectivity index (χ2n) is 6.37. The van der Waals surface area contributed by atoms with Crippen molar-refractivity contribution in [3.05, 3.63) is 12.7 Å². The molecule has 0 radical (unpaired) electrons. The molecule has 0 N–H and O–H groups in total. The summed E-state index contributed by atoms with van der Waals surface area (Å²) < 4.78 is 21.6. The van der Waals surface area contributed by atoms with Gasteiger partial charge in [-0.05, 0) is 12.8 Å². The second-order valence-corrected chi connectivity index (χ2v) is 7.64. The summed E-state index contributed by atoms with van der Waals surface area (Å²) in [5.74, 6) is 0.981. The molecule has 0 spiro atoms. The van der Waals surface area contributed by atoms with Gasteiger partial charge in [0.15, 0.2) is 5.12 Å². The molecule has 27 heavy (non-hydrogen) atoms. The fourth-order valence-electron chi connectivity index (χ4n) is 2.41. The Morgan fingerprint density at radius 2 is 1.15 bits per heavy atom. The molecule has 0 aromatic carbocycles. The maximum atomic E-state index is 10.8. The summed E-state index contributed by atoms with van der Waals surface area (Å²) in [5.41, 5.74) is 0. The molecule has 0 amide bonds. The lowest BCUT2D eigenvalue weighted by molar-refractivity contribution is -0.109. The van der Waals surface area contributed by atoms with Gasteiger partial charge in [-0.3, -0.25) is 4.79 Å². The first kappa shape index (κ1) is 26.6. The summed E-state index contributed by atoms with van der Waals surface area (Å²) in [6.45, 7) is 10.3. The van der Waals surface area contributed by atoms with Gasteiger partial charge in [0.1, 0.15) is 0 Å². The van der Waals surface area contributed by atoms with Crippen LogP contribution in [0.4, 0.5) is 0 Å². The quantitative estimate of drug-likeness (QED) is 0.194. The van der Waals surface area contributed by atoms with E-state index in [0.29, 0.717) is 46.2 Å². The molecule has 0 aromatic rings. The van der Waals surface area contributed by atoms with Crippen LogP contribution in [0.2, 0.25) is 0 Å². The van der Waals surface area contributed by atoms with Gasteiger partial charge in [-0.1, -0.05) is 56.4 Å². The molecule has 0 aliphatic rings. The second kappa shape index (κ2) is 23.6. The van der Waals surface area contributed by atoms with Crippen molar-refractivity contribution in [2.45, 2.75) is 58.3 Å². The lowest BCUT2D eigenvalue weighted by Gasteiger charge is -2.07. The average molecular weight is 405 g/mol. The first-order valence-corrected chi connectivity index (χ1v) is 11.3. The summed E-state index contributed by atoms with van der Waals surface area (Å²) in [5, 5.41) is 0.235. The number of rotatable bonds is 22. The summed E-state index contributed by atoms with van der Waals surface area (Å²) in [6.07, 6.45) is 11.7. The van der Waals surface area contributed by atoms with E-state index < -0.39 is 0 Å². The lowest BCUT2D eigenvalue weighted by atomic mass is 10.1. The van der Waals surface area contributed by atoms with E-state index in [1.165, 1.54) is 50.3 Å². The van der Waals surface area contributed by atoms with Crippen LogP contribution in [0.3, 0.4) is 0 Å². The van der Waals surface area contributed by atoms with Crippen LogP contribution in [-0.4, -0.2) is 63.7 Å². The van der Waals surface area contributed by atoms with Gasteiger partial charge >= 0.3 is 0 Å². The molecule has 0 saturated carbocycles. The van der Waals surface area contributed by atoms with Crippen molar-refractivity contribution >= 4 is 16.9 Å². The number of hydrogen-bond acceptors (Lipinski definition) is 6. The molecule has 0 heterocycles. The molecule has 160 valence electrons. The minimum Gasteiger partial charge on any atom is -0.379 e. The number of ether oxygens (including phenoxy) is 4. The average Bonchev–Trinajstić information content (AvgIpc) is 2.65. The molecule has 0 aromatic heterocycles. The number of carbonyl (C=O) groups excluding carboxylic acids is 1. The van der Waals surface area contributed by atoms with Gasteiger partial charge in [-0.25, -0.2) is 0 Å². The van der Waals surface area contributed by atoms with Crippen molar-refractivity contribution in [1.29, 1.82) is 0 Å². The van der Waals surface area contributed by atoms with Gasteiger partial charge in [0.05, 0.1) is 46.2 Å². The van der Waals surface area contributed by atoms with Crippen molar-refractivity contribution in [1.82, 2.24) is 0 Å². The third-order valence-corrected chi connectivity index (χ3v) is 4.74. The molecule has 0 atom stereocenters. The number of hydrogen-bond donors (Lipinski definition) is 0. The third-order valence-electron chi connectivity index (χ3n) is 3.84. The molecule has 6 heteroatoms. The molecule has 0 rings (SSSR count). The lowest BCUT2D eigenvalue weighted by Crippen LogP contribution is -2.12. The molecule has 0 unspecified atom stereocenters. The highest BCUT2D eigenvalue weighted by molar-refractivity contribution is 8.13. The van der Waals surface area contributed by atoms with Crippen LogP contribution in [0.15, 0.2) is 12.7 Å². The van der Waals surface area contributed by atoms with Gasteiger partial charge in [0.25, 0.3) is 0 Å². The summed E-state index contributed by atoms with van der Waals surface area (Å²) in [6, 6.07) is 0. The zero-order valence-corrected chi connectivity index (χ0v) is 18.1. The van der Waals surface area contributed by atoms with Crippen molar-refractivity contribution in [2.24, 2.45) is 0 Å². The molecule has 0 aliphatic carbocycles. The van der Waals surface area contributed by atoms with Crippen LogP contribution in [-0.2, 0) is 23.7 Å². The van der Waals surface area contributed by atoms with E-state index in [2.05, 4.69) is 6.58 Å². The minimum atomic E-state index is 0.235. The molecule has 0 saturated heterocycles. The third kappa shape index (κ3) is 25.6. The van der Waals surface area contributed by atoms with Crippen LogP contribution < -0.4 is 0 Å². The van der Waals surface area contributed by atoms with Crippen LogP contribution >= 0.6 is 11.8 Å². The van der Waals surface area contributed by atoms with Crippen molar-refractivity contribution < 1.29 is 23.7 Å². The predicted octanol–water partition coefficient (Wildman–Crippen LogP) is 4.64. The van der Waals surface area contributed by atoms with Crippen LogP contribution in [0.25, 0.3) is 0 Å². The first-order chi connectivity index (χ1) is 13.3. The molecule has 0 aliphatic heterocycles. The zero-order valence-electron chi connectivity index (χ0n) is 17.3. The minimum absolute atomic E-state index is 0.235. The maximum absolute atomic E-state index is 10.8. The Morgan fingerprint density at radius 3 is 1.67 bits per heavy atom. The summed E-state index contributed by atoms with van der Waals surface area (Å²) >= 11 is 1.45. The monoisotopic (exact) mass is 404 g/mol. The summed E-state index contributed by atoms with van der Waals surface area (Å²) in [7, 11) is 0. The number of unbranched alkanes of at least 4 members (excludes halogenated alkanes) is 7. The van der Waals surface area contributed by atoms with Gasteiger partial charge in [-0.2, -0.15) is 0 Å². The number of thioether (sulfide) groups is 1. The van der Waals surface area contributed by atoms with Gasteiger partial charge < -0.3 is 18.9 Å². The molecular formula is C21H40O5S. The molecule has 0 bridgehead atoms. The van der Waals surface area contributed by atoms with Gasteiger partial charge in [0, 0.05) is 19.3 Å². The largest absolute Gasteiger partial charge is 0.379 e.